The maximum Gasteiger partial charge on any atom is 0.0699 e. The highest BCUT2D eigenvalue weighted by Crippen LogP contribution is 2.40. The van der Waals surface area contributed by atoms with Crippen molar-refractivity contribution in [2.24, 2.45) is 5.41 Å². The van der Waals surface area contributed by atoms with Gasteiger partial charge in [0.1, 0.15) is 0 Å². The third kappa shape index (κ3) is 5.40. The Morgan fingerprint density at radius 2 is 1.67 bits per heavy atom. The maximum absolute atomic E-state index is 6.11. The van der Waals surface area contributed by atoms with Crippen molar-refractivity contribution in [1.29, 1.82) is 0 Å². The van der Waals surface area contributed by atoms with E-state index >= 15 is 0 Å². The molecule has 11 radical (unpaired) electrons. The van der Waals surface area contributed by atoms with Crippen LogP contribution in [0.1, 0.15) is 20.8 Å². The molecule has 0 rings (SSSR count). The normalized spacial score (nSPS) is 15.4. The second-order valence-electron chi connectivity index (χ2n) is 5.23. The van der Waals surface area contributed by atoms with Gasteiger partial charge in [-0.3, -0.25) is 0 Å². The SMILES string of the molecule is [B][B]C(CB([B])B([B])[B])C([B])C(C)(C)C. The number of hydrogen-bond donors (Lipinski definition) is 0. The third-order valence-corrected chi connectivity index (χ3v) is 2.75. The van der Waals surface area contributed by atoms with E-state index in [4.69, 9.17) is 38.8 Å². The molecule has 0 bridgehead atoms. The van der Waals surface area contributed by atoms with E-state index in [-0.39, 0.29) is 23.5 Å². The summed E-state index contributed by atoms with van der Waals surface area (Å²) in [5.41, 5.74) is -0.0149. The molecule has 8 heteroatoms. The van der Waals surface area contributed by atoms with E-state index in [1.54, 1.807) is 7.17 Å². The van der Waals surface area contributed by atoms with Crippen LogP contribution in [0.25, 0.3) is 0 Å². The van der Waals surface area contributed by atoms with E-state index < -0.39 is 6.39 Å². The Balaban J connectivity index is 4.37. The quantitative estimate of drug-likeness (QED) is 0.511. The molecule has 0 spiro atoms. The van der Waals surface area contributed by atoms with Gasteiger partial charge in [0, 0.05) is 43.8 Å². The molecule has 2 unspecified atom stereocenters. The average molecular weight is 184 g/mol. The molecule has 15 heavy (non-hydrogen) atoms. The standard InChI is InChI=1S/C7H13B8/c1-7(2,3)6(8)5(13-9)4-14(10)15(11)12/h5-6H,4H2,1-3H3. The summed E-state index contributed by atoms with van der Waals surface area (Å²) in [6.07, 6.45) is 0.0895. The van der Waals surface area contributed by atoms with Crippen LogP contribution in [-0.2, 0) is 0 Å². The summed E-state index contributed by atoms with van der Waals surface area (Å²) in [6.45, 7) is 5.94. The second kappa shape index (κ2) is 6.30. The minimum atomic E-state index is -0.528. The van der Waals surface area contributed by atoms with Crippen molar-refractivity contribution in [3.8, 4) is 0 Å². The Labute approximate surface area is 103 Å². The molecule has 0 fully saturated rings. The molecule has 65 valence electrons. The van der Waals surface area contributed by atoms with Crippen LogP contribution < -0.4 is 0 Å². The molecule has 0 aliphatic carbocycles. The third-order valence-electron chi connectivity index (χ3n) is 2.75. The first kappa shape index (κ1) is 15.5. The van der Waals surface area contributed by atoms with Gasteiger partial charge in [0.15, 0.2) is 0 Å². The second-order valence-corrected chi connectivity index (χ2v) is 5.23. The molecule has 0 aromatic carbocycles. The van der Waals surface area contributed by atoms with Gasteiger partial charge in [0.2, 0.25) is 0 Å². The smallest absolute Gasteiger partial charge is 0.0699 e. The molecule has 0 saturated heterocycles. The molecule has 2 atom stereocenters. The van der Waals surface area contributed by atoms with E-state index in [2.05, 4.69) is 20.8 Å². The highest BCUT2D eigenvalue weighted by Gasteiger charge is 2.28. The van der Waals surface area contributed by atoms with Gasteiger partial charge in [-0.05, 0) is 5.41 Å². The van der Waals surface area contributed by atoms with Crippen LogP contribution in [0.5, 0.6) is 0 Å². The van der Waals surface area contributed by atoms with Crippen LogP contribution in [0.15, 0.2) is 0 Å². The first-order chi connectivity index (χ1) is 6.70. The highest BCUT2D eigenvalue weighted by atomic mass is 14.2. The topological polar surface area (TPSA) is 0 Å². The summed E-state index contributed by atoms with van der Waals surface area (Å²) in [5, 5.41) is 0. The lowest BCUT2D eigenvalue weighted by atomic mass is 8.86. The lowest BCUT2D eigenvalue weighted by molar-refractivity contribution is 0.374. The van der Waals surface area contributed by atoms with Crippen molar-refractivity contribution in [1.82, 2.24) is 0 Å². The largest absolute Gasteiger partial charge is 0.0955 e. The molecule has 0 saturated carbocycles. The molecular formula is C7H13B8. The molecule has 0 amide bonds. The summed E-state index contributed by atoms with van der Waals surface area (Å²) >= 11 is 0. The van der Waals surface area contributed by atoms with Gasteiger partial charge in [0.05, 0.1) is 15.0 Å². The van der Waals surface area contributed by atoms with Crippen LogP contribution in [-0.4, -0.2) is 58.8 Å². The van der Waals surface area contributed by atoms with Gasteiger partial charge < -0.3 is 0 Å². The lowest BCUT2D eigenvalue weighted by Gasteiger charge is -2.36. The van der Waals surface area contributed by atoms with Gasteiger partial charge in [-0.1, -0.05) is 38.7 Å². The Morgan fingerprint density at radius 3 is 1.93 bits per heavy atom. The van der Waals surface area contributed by atoms with E-state index in [1.807, 2.05) is 0 Å². The van der Waals surface area contributed by atoms with E-state index in [0.29, 0.717) is 6.32 Å². The summed E-state index contributed by atoms with van der Waals surface area (Å²) < 4.78 is 0. The minimum Gasteiger partial charge on any atom is -0.0955 e. The lowest BCUT2D eigenvalue weighted by Crippen LogP contribution is -2.40. The van der Waals surface area contributed by atoms with Gasteiger partial charge >= 0.3 is 0 Å². The van der Waals surface area contributed by atoms with Crippen LogP contribution in [0, 0.1) is 5.41 Å². The molecule has 0 heterocycles. The molecule has 0 nitrogen and oxygen atoms in total. The van der Waals surface area contributed by atoms with Crippen molar-refractivity contribution in [3.63, 3.8) is 0 Å². The summed E-state index contributed by atoms with van der Waals surface area (Å²) in [6, 6.07) is 0. The first-order valence-corrected chi connectivity index (χ1v) is 5.27. The maximum atomic E-state index is 6.11. The average Bonchev–Trinajstić information content (AvgIpc) is 2.10. The number of hydrogen-bond acceptors (Lipinski definition) is 0. The molecule has 0 aromatic rings. The van der Waals surface area contributed by atoms with Crippen molar-refractivity contribution >= 4 is 58.8 Å². The monoisotopic (exact) mass is 185 g/mol. The Bertz CT molecular complexity index is 176. The van der Waals surface area contributed by atoms with Crippen molar-refractivity contribution < 1.29 is 0 Å². The zero-order chi connectivity index (χ0) is 12.2. The molecule has 0 aliphatic heterocycles. The molecule has 0 aromatic heterocycles. The fourth-order valence-electron chi connectivity index (χ4n) is 1.46. The Morgan fingerprint density at radius 1 is 1.20 bits per heavy atom. The zero-order valence-electron chi connectivity index (χ0n) is 9.98. The van der Waals surface area contributed by atoms with Gasteiger partial charge in [-0.2, -0.15) is 0 Å². The van der Waals surface area contributed by atoms with E-state index in [1.165, 1.54) is 0 Å². The van der Waals surface area contributed by atoms with Crippen molar-refractivity contribution in [2.75, 3.05) is 0 Å². The van der Waals surface area contributed by atoms with Gasteiger partial charge in [-0.15, -0.1) is 0 Å². The zero-order valence-corrected chi connectivity index (χ0v) is 9.98. The fourth-order valence-corrected chi connectivity index (χ4v) is 1.46. The highest BCUT2D eigenvalue weighted by molar-refractivity contribution is 7.66. The molecule has 0 aliphatic rings. The van der Waals surface area contributed by atoms with Crippen LogP contribution in [0.2, 0.25) is 18.0 Å². The Kier molecular flexibility index (Phi) is 6.52. The summed E-state index contributed by atoms with van der Waals surface area (Å²) in [7, 11) is 30.1. The number of rotatable bonds is 5. The van der Waals surface area contributed by atoms with Gasteiger partial charge in [0.25, 0.3) is 0 Å². The predicted molar refractivity (Wildman–Crippen MR) is 77.8 cm³/mol. The van der Waals surface area contributed by atoms with E-state index in [0.717, 1.165) is 0 Å². The molecular weight excluding hydrogens is 171 g/mol. The summed E-state index contributed by atoms with van der Waals surface area (Å²) in [4.78, 5) is 0. The van der Waals surface area contributed by atoms with E-state index in [9.17, 15) is 0 Å². The molecule has 0 N–H and O–H groups in total. The van der Waals surface area contributed by atoms with Gasteiger partial charge in [-0.25, -0.2) is 0 Å². The summed E-state index contributed by atoms with van der Waals surface area (Å²) in [5.74, 6) is -0.0121. The Hall–Kier alpha value is 0.519. The van der Waals surface area contributed by atoms with Crippen LogP contribution >= 0.6 is 0 Å². The predicted octanol–water partition coefficient (Wildman–Crippen LogP) is -0.371. The van der Waals surface area contributed by atoms with Crippen LogP contribution in [0.3, 0.4) is 0 Å². The first-order valence-electron chi connectivity index (χ1n) is 5.27. The fraction of sp³-hybridized carbons (Fsp3) is 1.00. The van der Waals surface area contributed by atoms with Crippen molar-refractivity contribution in [2.45, 2.75) is 38.7 Å². The van der Waals surface area contributed by atoms with Crippen LogP contribution in [0.4, 0.5) is 0 Å². The van der Waals surface area contributed by atoms with Crippen molar-refractivity contribution in [3.05, 3.63) is 0 Å². The minimum absolute atomic E-state index is 0.0149.